The van der Waals surface area contributed by atoms with Gasteiger partial charge in [-0.3, -0.25) is 4.79 Å². The number of thiophene rings is 1. The number of anilines is 1. The van der Waals surface area contributed by atoms with Crippen LogP contribution in [-0.4, -0.2) is 36.1 Å². The molecule has 1 amide bonds. The maximum atomic E-state index is 12.6. The zero-order chi connectivity index (χ0) is 17.1. The quantitative estimate of drug-likeness (QED) is 0.856. The second-order valence-electron chi connectivity index (χ2n) is 5.01. The lowest BCUT2D eigenvalue weighted by Gasteiger charge is -2.16. The Morgan fingerprint density at radius 1 is 1.29 bits per heavy atom. The summed E-state index contributed by atoms with van der Waals surface area (Å²) < 4.78 is 9.95. The van der Waals surface area contributed by atoms with Gasteiger partial charge in [0.15, 0.2) is 0 Å². The van der Waals surface area contributed by atoms with E-state index in [-0.39, 0.29) is 16.7 Å². The summed E-state index contributed by atoms with van der Waals surface area (Å²) in [5, 5.41) is 2.80. The van der Waals surface area contributed by atoms with Crippen LogP contribution in [0.25, 0.3) is 10.3 Å². The first-order chi connectivity index (χ1) is 11.6. The first-order valence-corrected chi connectivity index (χ1v) is 8.00. The molecule has 0 bridgehead atoms. The molecule has 0 spiro atoms. The highest BCUT2D eigenvalue weighted by atomic mass is 32.1. The molecule has 2 heterocycles. The van der Waals surface area contributed by atoms with Gasteiger partial charge in [0.05, 0.1) is 25.8 Å². The first-order valence-electron chi connectivity index (χ1n) is 7.19. The van der Waals surface area contributed by atoms with Crippen LogP contribution in [0, 0.1) is 5.92 Å². The Bertz CT molecular complexity index is 856. The molecule has 1 atom stereocenters. The van der Waals surface area contributed by atoms with E-state index in [4.69, 9.17) is 9.47 Å². The van der Waals surface area contributed by atoms with Gasteiger partial charge in [-0.15, -0.1) is 11.3 Å². The number of hydrogen-bond donors (Lipinski definition) is 1. The Morgan fingerprint density at radius 2 is 2.08 bits per heavy atom. The molecular weight excluding hydrogens is 330 g/mol. The van der Waals surface area contributed by atoms with Crippen LogP contribution in [0.5, 0.6) is 0 Å². The number of nitrogens with zero attached hydrogens (tertiary/aromatic N) is 2. The van der Waals surface area contributed by atoms with Gasteiger partial charge in [-0.25, -0.2) is 14.8 Å². The Kier molecular flexibility index (Phi) is 4.57. The molecule has 1 aliphatic carbocycles. The van der Waals surface area contributed by atoms with E-state index in [9.17, 15) is 9.59 Å². The van der Waals surface area contributed by atoms with Crippen LogP contribution in [0.2, 0.25) is 0 Å². The van der Waals surface area contributed by atoms with Gasteiger partial charge in [0.1, 0.15) is 21.0 Å². The molecule has 24 heavy (non-hydrogen) atoms. The average molecular weight is 345 g/mol. The van der Waals surface area contributed by atoms with Crippen molar-refractivity contribution in [1.29, 1.82) is 0 Å². The predicted octanol–water partition coefficient (Wildman–Crippen LogP) is 2.52. The Hall–Kier alpha value is -2.74. The van der Waals surface area contributed by atoms with Crippen molar-refractivity contribution in [2.24, 2.45) is 5.92 Å². The SMILES string of the molecule is COC(=O)c1sc2nccnc2c1NC(=O)C1C=C(OC)C=CC1. The van der Waals surface area contributed by atoms with Gasteiger partial charge >= 0.3 is 5.97 Å². The van der Waals surface area contributed by atoms with E-state index in [1.807, 2.05) is 12.2 Å². The van der Waals surface area contributed by atoms with E-state index in [1.165, 1.54) is 19.5 Å². The van der Waals surface area contributed by atoms with Gasteiger partial charge < -0.3 is 14.8 Å². The molecule has 0 saturated carbocycles. The van der Waals surface area contributed by atoms with Crippen LogP contribution in [0.15, 0.2) is 36.4 Å². The standard InChI is InChI=1S/C16H15N3O4S/c1-22-10-5-3-4-9(8-10)14(20)19-11-12-15(18-7-6-17-12)24-13(11)16(21)23-2/h3,5-9H,4H2,1-2H3,(H,19,20). The molecular formula is C16H15N3O4S. The summed E-state index contributed by atoms with van der Waals surface area (Å²) in [6, 6.07) is 0. The summed E-state index contributed by atoms with van der Waals surface area (Å²) in [5.41, 5.74) is 0.806. The minimum Gasteiger partial charge on any atom is -0.497 e. The lowest BCUT2D eigenvalue weighted by atomic mass is 9.99. The molecule has 0 radical (unpaired) electrons. The van der Waals surface area contributed by atoms with Crippen molar-refractivity contribution >= 4 is 39.2 Å². The third kappa shape index (κ3) is 3.00. The summed E-state index contributed by atoms with van der Waals surface area (Å²) in [6.45, 7) is 0. The maximum absolute atomic E-state index is 12.6. The van der Waals surface area contributed by atoms with Gasteiger partial charge in [0.2, 0.25) is 5.91 Å². The lowest BCUT2D eigenvalue weighted by Crippen LogP contribution is -2.23. The fourth-order valence-corrected chi connectivity index (χ4v) is 3.34. The van der Waals surface area contributed by atoms with Crippen molar-refractivity contribution in [1.82, 2.24) is 9.97 Å². The molecule has 0 fully saturated rings. The third-order valence-corrected chi connectivity index (χ3v) is 4.62. The summed E-state index contributed by atoms with van der Waals surface area (Å²) in [7, 11) is 2.84. The van der Waals surface area contributed by atoms with Crippen molar-refractivity contribution < 1.29 is 19.1 Å². The molecule has 124 valence electrons. The molecule has 7 nitrogen and oxygen atoms in total. The largest absolute Gasteiger partial charge is 0.497 e. The molecule has 1 aliphatic rings. The zero-order valence-corrected chi connectivity index (χ0v) is 13.9. The normalized spacial score (nSPS) is 16.6. The number of amides is 1. The number of methoxy groups -OCH3 is 2. The number of carbonyl (C=O) groups is 2. The number of hydrogen-bond acceptors (Lipinski definition) is 7. The van der Waals surface area contributed by atoms with Crippen LogP contribution >= 0.6 is 11.3 Å². The number of esters is 1. The van der Waals surface area contributed by atoms with Crippen LogP contribution < -0.4 is 5.32 Å². The number of aromatic nitrogens is 2. The molecule has 1 N–H and O–H groups in total. The smallest absolute Gasteiger partial charge is 0.350 e. The van der Waals surface area contributed by atoms with Gasteiger partial charge in [0, 0.05) is 12.4 Å². The molecule has 1 unspecified atom stereocenters. The second-order valence-corrected chi connectivity index (χ2v) is 6.01. The molecule has 0 saturated heterocycles. The van der Waals surface area contributed by atoms with E-state index in [0.717, 1.165) is 11.3 Å². The van der Waals surface area contributed by atoms with E-state index in [1.54, 1.807) is 13.2 Å². The Labute approximate surface area is 142 Å². The molecule has 8 heteroatoms. The summed E-state index contributed by atoms with van der Waals surface area (Å²) in [5.74, 6) is -0.539. The lowest BCUT2D eigenvalue weighted by molar-refractivity contribution is -0.118. The summed E-state index contributed by atoms with van der Waals surface area (Å²) in [6.07, 6.45) is 9.03. The number of rotatable bonds is 4. The van der Waals surface area contributed by atoms with E-state index >= 15 is 0 Å². The van der Waals surface area contributed by atoms with Gasteiger partial charge in [-0.2, -0.15) is 0 Å². The monoisotopic (exact) mass is 345 g/mol. The fraction of sp³-hybridized carbons (Fsp3) is 0.250. The van der Waals surface area contributed by atoms with Gasteiger partial charge in [0.25, 0.3) is 0 Å². The van der Waals surface area contributed by atoms with Crippen molar-refractivity contribution in [2.75, 3.05) is 19.5 Å². The summed E-state index contributed by atoms with van der Waals surface area (Å²) >= 11 is 1.13. The van der Waals surface area contributed by atoms with E-state index in [2.05, 4.69) is 15.3 Å². The van der Waals surface area contributed by atoms with Gasteiger partial charge in [-0.05, 0) is 18.6 Å². The predicted molar refractivity (Wildman–Crippen MR) is 89.7 cm³/mol. The molecule has 2 aromatic rings. The summed E-state index contributed by atoms with van der Waals surface area (Å²) in [4.78, 5) is 33.8. The highest BCUT2D eigenvalue weighted by Gasteiger charge is 2.25. The molecule has 0 aromatic carbocycles. The third-order valence-electron chi connectivity index (χ3n) is 3.56. The van der Waals surface area contributed by atoms with Crippen LogP contribution in [0.4, 0.5) is 5.69 Å². The fourth-order valence-electron chi connectivity index (χ4n) is 2.37. The van der Waals surface area contributed by atoms with Crippen LogP contribution in [0.3, 0.4) is 0 Å². The highest BCUT2D eigenvalue weighted by molar-refractivity contribution is 7.21. The average Bonchev–Trinajstić information content (AvgIpc) is 2.99. The number of fused-ring (bicyclic) bond motifs is 1. The van der Waals surface area contributed by atoms with E-state index < -0.39 is 5.97 Å². The topological polar surface area (TPSA) is 90.4 Å². The van der Waals surface area contributed by atoms with Crippen LogP contribution in [-0.2, 0) is 14.3 Å². The van der Waals surface area contributed by atoms with Crippen molar-refractivity contribution in [2.45, 2.75) is 6.42 Å². The number of allylic oxidation sites excluding steroid dienone is 2. The minimum atomic E-state index is -0.535. The number of nitrogens with one attached hydrogen (secondary N) is 1. The zero-order valence-electron chi connectivity index (χ0n) is 13.1. The number of carbonyl (C=O) groups excluding carboxylic acids is 2. The maximum Gasteiger partial charge on any atom is 0.350 e. The van der Waals surface area contributed by atoms with Crippen molar-refractivity contribution in [3.8, 4) is 0 Å². The van der Waals surface area contributed by atoms with Gasteiger partial charge in [-0.1, -0.05) is 6.08 Å². The van der Waals surface area contributed by atoms with E-state index in [0.29, 0.717) is 28.2 Å². The molecule has 2 aromatic heterocycles. The second kappa shape index (κ2) is 6.79. The highest BCUT2D eigenvalue weighted by Crippen LogP contribution is 2.34. The number of ether oxygens (including phenoxy) is 2. The Morgan fingerprint density at radius 3 is 2.83 bits per heavy atom. The van der Waals surface area contributed by atoms with Crippen molar-refractivity contribution in [3.63, 3.8) is 0 Å². The molecule has 0 aliphatic heterocycles. The first kappa shape index (κ1) is 16.1. The van der Waals surface area contributed by atoms with Crippen molar-refractivity contribution in [3.05, 3.63) is 41.3 Å². The Balaban J connectivity index is 1.94. The molecule has 3 rings (SSSR count). The van der Waals surface area contributed by atoms with Crippen LogP contribution in [0.1, 0.15) is 16.1 Å². The minimum absolute atomic E-state index is 0.246.